The molecule has 1 amide bonds. The maximum absolute atomic E-state index is 12.3. The molecular formula is C17H17N5O3S. The van der Waals surface area contributed by atoms with Crippen LogP contribution < -0.4 is 10.0 Å². The minimum Gasteiger partial charge on any atom is -0.348 e. The van der Waals surface area contributed by atoms with Crippen LogP contribution >= 0.6 is 0 Å². The fraction of sp³-hybridized carbons (Fsp3) is 0.118. The molecule has 3 aromatic rings. The van der Waals surface area contributed by atoms with Crippen LogP contribution in [0.4, 0.5) is 5.69 Å². The van der Waals surface area contributed by atoms with E-state index in [1.807, 2.05) is 6.07 Å². The van der Waals surface area contributed by atoms with Crippen LogP contribution in [-0.4, -0.2) is 35.3 Å². The highest BCUT2D eigenvalue weighted by molar-refractivity contribution is 7.92. The number of anilines is 1. The highest BCUT2D eigenvalue weighted by Crippen LogP contribution is 2.12. The van der Waals surface area contributed by atoms with Crippen LogP contribution in [0.1, 0.15) is 15.9 Å². The Kier molecular flexibility index (Phi) is 4.99. The third-order valence-electron chi connectivity index (χ3n) is 3.50. The van der Waals surface area contributed by atoms with Gasteiger partial charge in [-0.15, -0.1) is 0 Å². The van der Waals surface area contributed by atoms with Crippen molar-refractivity contribution >= 4 is 21.6 Å². The molecule has 0 bridgehead atoms. The molecular weight excluding hydrogens is 354 g/mol. The number of rotatable bonds is 6. The number of sulfonamides is 1. The van der Waals surface area contributed by atoms with Gasteiger partial charge in [0, 0.05) is 17.8 Å². The molecule has 134 valence electrons. The lowest BCUT2D eigenvalue weighted by molar-refractivity contribution is 0.0951. The van der Waals surface area contributed by atoms with Gasteiger partial charge in [-0.1, -0.05) is 12.1 Å². The summed E-state index contributed by atoms with van der Waals surface area (Å²) in [5, 5.41) is 6.84. The van der Waals surface area contributed by atoms with E-state index >= 15 is 0 Å². The number of hydrogen-bond donors (Lipinski definition) is 2. The highest BCUT2D eigenvalue weighted by Gasteiger charge is 2.07. The van der Waals surface area contributed by atoms with E-state index in [0.717, 1.165) is 17.5 Å². The van der Waals surface area contributed by atoms with E-state index in [-0.39, 0.29) is 12.5 Å². The lowest BCUT2D eigenvalue weighted by Gasteiger charge is -2.09. The molecule has 0 fully saturated rings. The lowest BCUT2D eigenvalue weighted by atomic mass is 10.1. The van der Waals surface area contributed by atoms with Crippen molar-refractivity contribution in [2.45, 2.75) is 6.54 Å². The van der Waals surface area contributed by atoms with E-state index in [2.05, 4.69) is 20.1 Å². The molecule has 0 atom stereocenters. The molecule has 0 radical (unpaired) electrons. The van der Waals surface area contributed by atoms with Crippen molar-refractivity contribution in [3.63, 3.8) is 0 Å². The summed E-state index contributed by atoms with van der Waals surface area (Å²) in [5.74, 6) is -0.225. The van der Waals surface area contributed by atoms with Crippen molar-refractivity contribution in [3.8, 4) is 5.69 Å². The van der Waals surface area contributed by atoms with E-state index in [1.165, 1.54) is 6.33 Å². The summed E-state index contributed by atoms with van der Waals surface area (Å²) in [6.45, 7) is 0.281. The summed E-state index contributed by atoms with van der Waals surface area (Å²) in [6.07, 6.45) is 4.10. The Morgan fingerprint density at radius 2 is 1.92 bits per heavy atom. The zero-order chi connectivity index (χ0) is 18.6. The van der Waals surface area contributed by atoms with Gasteiger partial charge in [0.05, 0.1) is 11.9 Å². The largest absolute Gasteiger partial charge is 0.348 e. The van der Waals surface area contributed by atoms with E-state index in [1.54, 1.807) is 53.5 Å². The molecule has 0 aliphatic carbocycles. The Balaban J connectivity index is 1.63. The molecule has 0 unspecified atom stereocenters. The first-order valence-corrected chi connectivity index (χ1v) is 9.60. The molecule has 9 heteroatoms. The van der Waals surface area contributed by atoms with Crippen LogP contribution in [0, 0.1) is 0 Å². The summed E-state index contributed by atoms with van der Waals surface area (Å²) in [7, 11) is -3.34. The SMILES string of the molecule is CS(=O)(=O)Nc1cccc(CNC(=O)c2ccc(-n3cncn3)cc2)c1. The predicted octanol–water partition coefficient (Wildman–Crippen LogP) is 1.57. The van der Waals surface area contributed by atoms with Crippen molar-refractivity contribution < 1.29 is 13.2 Å². The fourth-order valence-electron chi connectivity index (χ4n) is 2.35. The standard InChI is InChI=1S/C17H17N5O3S/c1-26(24,25)21-15-4-2-3-13(9-15)10-19-17(23)14-5-7-16(8-6-14)22-12-18-11-20-22/h2-9,11-12,21H,10H2,1H3,(H,19,23). The normalized spacial score (nSPS) is 11.1. The minimum absolute atomic E-state index is 0.225. The molecule has 0 aliphatic heterocycles. The second kappa shape index (κ2) is 7.36. The van der Waals surface area contributed by atoms with Gasteiger partial charge in [0.1, 0.15) is 12.7 Å². The number of carbonyl (C=O) groups is 1. The van der Waals surface area contributed by atoms with Gasteiger partial charge >= 0.3 is 0 Å². The first kappa shape index (κ1) is 17.6. The highest BCUT2D eigenvalue weighted by atomic mass is 32.2. The van der Waals surface area contributed by atoms with Gasteiger partial charge in [0.2, 0.25) is 10.0 Å². The van der Waals surface area contributed by atoms with Crippen LogP contribution in [-0.2, 0) is 16.6 Å². The first-order chi connectivity index (χ1) is 12.4. The summed E-state index contributed by atoms with van der Waals surface area (Å²) in [5.41, 5.74) is 2.56. The average Bonchev–Trinajstić information content (AvgIpc) is 3.13. The second-order valence-corrected chi connectivity index (χ2v) is 7.39. The Bertz CT molecular complexity index is 999. The van der Waals surface area contributed by atoms with E-state index in [9.17, 15) is 13.2 Å². The fourth-order valence-corrected chi connectivity index (χ4v) is 2.91. The van der Waals surface area contributed by atoms with Gasteiger partial charge in [-0.05, 0) is 42.0 Å². The Hall–Kier alpha value is -3.20. The molecule has 0 spiro atoms. The topological polar surface area (TPSA) is 106 Å². The molecule has 0 saturated carbocycles. The third-order valence-corrected chi connectivity index (χ3v) is 4.10. The minimum atomic E-state index is -3.34. The maximum Gasteiger partial charge on any atom is 0.251 e. The third kappa shape index (κ3) is 4.67. The number of nitrogens with one attached hydrogen (secondary N) is 2. The molecule has 2 aromatic carbocycles. The van der Waals surface area contributed by atoms with Gasteiger partial charge in [-0.2, -0.15) is 5.10 Å². The molecule has 1 aromatic heterocycles. The smallest absolute Gasteiger partial charge is 0.251 e. The van der Waals surface area contributed by atoms with Crippen molar-refractivity contribution in [2.75, 3.05) is 11.0 Å². The summed E-state index contributed by atoms with van der Waals surface area (Å²) in [4.78, 5) is 16.2. The van der Waals surface area contributed by atoms with Crippen LogP contribution in [0.5, 0.6) is 0 Å². The Morgan fingerprint density at radius 1 is 1.15 bits per heavy atom. The number of benzene rings is 2. The number of hydrogen-bond acceptors (Lipinski definition) is 5. The van der Waals surface area contributed by atoms with Gasteiger partial charge in [-0.3, -0.25) is 9.52 Å². The average molecular weight is 371 g/mol. The van der Waals surface area contributed by atoms with E-state index in [0.29, 0.717) is 11.3 Å². The molecule has 1 heterocycles. The van der Waals surface area contributed by atoms with Crippen LogP contribution in [0.2, 0.25) is 0 Å². The molecule has 2 N–H and O–H groups in total. The zero-order valence-corrected chi connectivity index (χ0v) is 14.8. The van der Waals surface area contributed by atoms with E-state index in [4.69, 9.17) is 0 Å². The molecule has 26 heavy (non-hydrogen) atoms. The number of amides is 1. The quantitative estimate of drug-likeness (QED) is 0.684. The molecule has 8 nitrogen and oxygen atoms in total. The van der Waals surface area contributed by atoms with Gasteiger partial charge < -0.3 is 5.32 Å². The first-order valence-electron chi connectivity index (χ1n) is 7.71. The molecule has 3 rings (SSSR count). The van der Waals surface area contributed by atoms with Crippen molar-refractivity contribution in [1.29, 1.82) is 0 Å². The summed E-state index contributed by atoms with van der Waals surface area (Å²) >= 11 is 0. The number of carbonyl (C=O) groups excluding carboxylic acids is 1. The van der Waals surface area contributed by atoms with Crippen molar-refractivity contribution in [1.82, 2.24) is 20.1 Å². The van der Waals surface area contributed by atoms with E-state index < -0.39 is 10.0 Å². The summed E-state index contributed by atoms with van der Waals surface area (Å²) in [6, 6.07) is 13.8. The molecule has 0 aliphatic rings. The molecule has 0 saturated heterocycles. The van der Waals surface area contributed by atoms with Gasteiger partial charge in [-0.25, -0.2) is 18.1 Å². The number of aromatic nitrogens is 3. The lowest BCUT2D eigenvalue weighted by Crippen LogP contribution is -2.22. The van der Waals surface area contributed by atoms with Crippen LogP contribution in [0.3, 0.4) is 0 Å². The summed E-state index contributed by atoms with van der Waals surface area (Å²) < 4.78 is 26.6. The predicted molar refractivity (Wildman–Crippen MR) is 97.4 cm³/mol. The van der Waals surface area contributed by atoms with Gasteiger partial charge in [0.15, 0.2) is 0 Å². The van der Waals surface area contributed by atoms with Crippen LogP contribution in [0.25, 0.3) is 5.69 Å². The maximum atomic E-state index is 12.3. The van der Waals surface area contributed by atoms with Crippen LogP contribution in [0.15, 0.2) is 61.2 Å². The number of nitrogens with zero attached hydrogens (tertiary/aromatic N) is 3. The second-order valence-electron chi connectivity index (χ2n) is 5.64. The van der Waals surface area contributed by atoms with Crippen molar-refractivity contribution in [3.05, 3.63) is 72.3 Å². The zero-order valence-electron chi connectivity index (χ0n) is 14.0. The van der Waals surface area contributed by atoms with Gasteiger partial charge in [0.25, 0.3) is 5.91 Å². The monoisotopic (exact) mass is 371 g/mol. The van der Waals surface area contributed by atoms with Crippen molar-refractivity contribution in [2.24, 2.45) is 0 Å². The Labute approximate surface area is 150 Å². The Morgan fingerprint density at radius 3 is 2.58 bits per heavy atom.